The molecule has 0 aromatic heterocycles. The van der Waals surface area contributed by atoms with Crippen LogP contribution in [0.25, 0.3) is 0 Å². The lowest BCUT2D eigenvalue weighted by Crippen LogP contribution is -2.59. The van der Waals surface area contributed by atoms with E-state index < -0.39 is 103 Å². The number of fused-ring (bicyclic) bond motifs is 1. The van der Waals surface area contributed by atoms with Gasteiger partial charge in [0.1, 0.15) is 42.2 Å². The van der Waals surface area contributed by atoms with Crippen LogP contribution in [0.4, 0.5) is 0 Å². The molecule has 3 N–H and O–H groups in total. The first-order chi connectivity index (χ1) is 22.7. The monoisotopic (exact) mass is 686 g/mol. The van der Waals surface area contributed by atoms with E-state index in [0.717, 1.165) is 0 Å². The van der Waals surface area contributed by atoms with Crippen molar-refractivity contribution in [2.75, 3.05) is 27.9 Å². The van der Waals surface area contributed by atoms with Crippen molar-refractivity contribution in [2.24, 2.45) is 11.8 Å². The molecular weight excluding hydrogens is 632 g/mol. The lowest BCUT2D eigenvalue weighted by atomic mass is 9.89. The number of aliphatic hydroxyl groups is 3. The van der Waals surface area contributed by atoms with E-state index in [0.29, 0.717) is 6.42 Å². The van der Waals surface area contributed by atoms with E-state index in [1.165, 1.54) is 40.4 Å². The molecule has 0 radical (unpaired) electrons. The van der Waals surface area contributed by atoms with E-state index in [-0.39, 0.29) is 25.6 Å². The lowest BCUT2D eigenvalue weighted by Gasteiger charge is -2.42. The summed E-state index contributed by atoms with van der Waals surface area (Å²) in [6.45, 7) is 8.58. The normalized spacial score (nSPS) is 47.5. The van der Waals surface area contributed by atoms with Gasteiger partial charge in [-0.25, -0.2) is 4.79 Å². The summed E-state index contributed by atoms with van der Waals surface area (Å²) in [4.78, 5) is 26.3. The summed E-state index contributed by atoms with van der Waals surface area (Å²) in [6, 6.07) is 0. The second-order valence-corrected chi connectivity index (χ2v) is 13.5. The van der Waals surface area contributed by atoms with Crippen LogP contribution < -0.4 is 0 Å². The molecule has 0 aromatic rings. The van der Waals surface area contributed by atoms with Crippen LogP contribution in [0.1, 0.15) is 53.9 Å². The zero-order chi connectivity index (χ0) is 35.3. The molecule has 3 fully saturated rings. The molecule has 0 saturated carbocycles. The number of cyclic esters (lactones) is 1. The van der Waals surface area contributed by atoms with Gasteiger partial charge in [-0.1, -0.05) is 13.0 Å². The second-order valence-electron chi connectivity index (χ2n) is 13.5. The van der Waals surface area contributed by atoms with Crippen LogP contribution in [0.3, 0.4) is 0 Å². The van der Waals surface area contributed by atoms with Gasteiger partial charge in [0.2, 0.25) is 0 Å². The summed E-state index contributed by atoms with van der Waals surface area (Å²) in [5, 5.41) is 32.5. The average molecular weight is 687 g/mol. The smallest absolute Gasteiger partial charge is 0.330 e. The van der Waals surface area contributed by atoms with Crippen LogP contribution in [-0.2, 0) is 52.2 Å². The Balaban J connectivity index is 1.53. The molecule has 274 valence electrons. The Morgan fingerprint density at radius 1 is 0.854 bits per heavy atom. The number of ether oxygens (including phenoxy) is 9. The number of carbonyl (C=O) groups is 2. The molecule has 4 heterocycles. The highest BCUT2D eigenvalue weighted by Crippen LogP contribution is 2.36. The first-order valence-corrected chi connectivity index (χ1v) is 16.7. The average Bonchev–Trinajstić information content (AvgIpc) is 3.81. The van der Waals surface area contributed by atoms with Crippen LogP contribution in [0.15, 0.2) is 24.3 Å². The van der Waals surface area contributed by atoms with E-state index in [1.54, 1.807) is 26.0 Å². The largest absolute Gasteiger partial charge is 0.459 e. The van der Waals surface area contributed by atoms with E-state index in [2.05, 4.69) is 0 Å². The number of hydrogen-bond acceptors (Lipinski definition) is 14. The summed E-state index contributed by atoms with van der Waals surface area (Å²) < 4.78 is 52.3. The molecule has 0 spiro atoms. The molecular formula is C34H54O14. The molecule has 4 rings (SSSR count). The minimum atomic E-state index is -1.72. The zero-order valence-corrected chi connectivity index (χ0v) is 29.1. The summed E-state index contributed by atoms with van der Waals surface area (Å²) in [5.74, 6) is -2.00. The molecule has 14 nitrogen and oxygen atoms in total. The van der Waals surface area contributed by atoms with Crippen molar-refractivity contribution in [2.45, 2.75) is 139 Å². The summed E-state index contributed by atoms with van der Waals surface area (Å²) in [6.07, 6.45) is -2.35. The second kappa shape index (κ2) is 16.9. The fourth-order valence-corrected chi connectivity index (χ4v) is 6.53. The summed E-state index contributed by atoms with van der Waals surface area (Å²) in [7, 11) is 4.45. The van der Waals surface area contributed by atoms with Crippen LogP contribution in [0, 0.1) is 11.8 Å². The first kappa shape index (κ1) is 39.0. The molecule has 4 aliphatic heterocycles. The number of aliphatic hydroxyl groups excluding tert-OH is 2. The van der Waals surface area contributed by atoms with Crippen LogP contribution in [-0.4, -0.2) is 140 Å². The standard InChI is InChI=1S/C34H54O14/c1-17-9-12-26(36)45-19(3)21(16-43-33-31(42-8)30(41-7)27(37)20(4)46-33)29-23(47-29)10-11-25(35)34(5,39)14-13-22(17)48-32-28(38)24(40-6)15-18(2)44-32/h9-12,17-24,27-33,37-39H,13-16H2,1-8H3/b11-10+,12-9+/t17-,18+,19+,20+,21+,22-,23-,24-,27+,28+,29-,30+,31+,32-,33+,34-/m0/s1. The molecule has 16 atom stereocenters. The maximum absolute atomic E-state index is 13.2. The minimum absolute atomic E-state index is 0.0273. The number of hydrogen-bond donors (Lipinski definition) is 3. The fraction of sp³-hybridized carbons (Fsp3) is 0.824. The van der Waals surface area contributed by atoms with Gasteiger partial charge in [0, 0.05) is 45.7 Å². The number of methoxy groups -OCH3 is 3. The van der Waals surface area contributed by atoms with Gasteiger partial charge in [0.15, 0.2) is 18.4 Å². The summed E-state index contributed by atoms with van der Waals surface area (Å²) in [5.41, 5.74) is -1.72. The molecule has 0 amide bonds. The molecule has 3 saturated heterocycles. The van der Waals surface area contributed by atoms with Gasteiger partial charge in [-0.15, -0.1) is 0 Å². The van der Waals surface area contributed by atoms with Crippen LogP contribution in [0.2, 0.25) is 0 Å². The van der Waals surface area contributed by atoms with Crippen molar-refractivity contribution in [3.8, 4) is 0 Å². The Kier molecular flexibility index (Phi) is 13.7. The Morgan fingerprint density at radius 3 is 2.23 bits per heavy atom. The zero-order valence-electron chi connectivity index (χ0n) is 29.1. The fourth-order valence-electron chi connectivity index (χ4n) is 6.53. The maximum Gasteiger partial charge on any atom is 0.330 e. The van der Waals surface area contributed by atoms with Gasteiger partial charge >= 0.3 is 5.97 Å². The minimum Gasteiger partial charge on any atom is -0.459 e. The van der Waals surface area contributed by atoms with Crippen molar-refractivity contribution in [3.63, 3.8) is 0 Å². The van der Waals surface area contributed by atoms with Crippen molar-refractivity contribution >= 4 is 11.8 Å². The Bertz CT molecular complexity index is 1130. The van der Waals surface area contributed by atoms with Gasteiger partial charge in [-0.2, -0.15) is 0 Å². The predicted octanol–water partition coefficient (Wildman–Crippen LogP) is 1.21. The van der Waals surface area contributed by atoms with Crippen molar-refractivity contribution < 1.29 is 67.5 Å². The Labute approximate surface area is 282 Å². The maximum atomic E-state index is 13.2. The van der Waals surface area contributed by atoms with Gasteiger partial charge in [-0.3, -0.25) is 4.79 Å². The van der Waals surface area contributed by atoms with Gasteiger partial charge in [0.25, 0.3) is 0 Å². The summed E-state index contributed by atoms with van der Waals surface area (Å²) >= 11 is 0. The third-order valence-electron chi connectivity index (χ3n) is 9.85. The van der Waals surface area contributed by atoms with Gasteiger partial charge in [0.05, 0.1) is 37.1 Å². The van der Waals surface area contributed by atoms with Crippen LogP contribution >= 0.6 is 0 Å². The molecule has 0 aromatic carbocycles. The first-order valence-electron chi connectivity index (χ1n) is 16.7. The van der Waals surface area contributed by atoms with E-state index in [4.69, 9.17) is 42.6 Å². The third-order valence-corrected chi connectivity index (χ3v) is 9.85. The van der Waals surface area contributed by atoms with Gasteiger partial charge < -0.3 is 58.0 Å². The molecule has 4 aliphatic rings. The molecule has 48 heavy (non-hydrogen) atoms. The highest BCUT2D eigenvalue weighted by atomic mass is 16.7. The van der Waals surface area contributed by atoms with Crippen molar-refractivity contribution in [1.29, 1.82) is 0 Å². The van der Waals surface area contributed by atoms with Crippen molar-refractivity contribution in [3.05, 3.63) is 24.3 Å². The third kappa shape index (κ3) is 9.49. The number of epoxide rings is 1. The highest BCUT2D eigenvalue weighted by molar-refractivity contribution is 5.96. The van der Waals surface area contributed by atoms with Crippen LogP contribution in [0.5, 0.6) is 0 Å². The topological polar surface area (TPSA) is 181 Å². The lowest BCUT2D eigenvalue weighted by molar-refractivity contribution is -0.305. The molecule has 0 unspecified atom stereocenters. The SMILES string of the molecule is CO[C@@H]1[C@H](O)[C@@H](C)O[C@@H](OC[C@H]2[C@@H]3O[C@H]3/C=C/C(=O)[C@@](C)(O)CC[C@H](O[C@@H]3O[C@H](C)C[C@H](OC)[C@H]3O)[C@@H](C)/C=C/C(=O)O[C@@H]2C)[C@@H]1OC. The van der Waals surface area contributed by atoms with Gasteiger partial charge in [-0.05, 0) is 52.7 Å². The Hall–Kier alpha value is -1.82. The van der Waals surface area contributed by atoms with E-state index >= 15 is 0 Å². The molecule has 0 bridgehead atoms. The Morgan fingerprint density at radius 2 is 1.56 bits per heavy atom. The number of carbonyl (C=O) groups excluding carboxylic acids is 2. The molecule has 14 heteroatoms. The van der Waals surface area contributed by atoms with Crippen molar-refractivity contribution in [1.82, 2.24) is 0 Å². The quantitative estimate of drug-likeness (QED) is 0.245. The highest BCUT2D eigenvalue weighted by Gasteiger charge is 2.49. The van der Waals surface area contributed by atoms with E-state index in [9.17, 15) is 24.9 Å². The number of ketones is 1. The molecule has 0 aliphatic carbocycles. The van der Waals surface area contributed by atoms with E-state index in [1.807, 2.05) is 13.8 Å². The predicted molar refractivity (Wildman–Crippen MR) is 169 cm³/mol. The number of rotatable bonds is 8. The number of esters is 1.